The Labute approximate surface area is 144 Å². The third-order valence-corrected chi connectivity index (χ3v) is 3.08. The Balaban J connectivity index is 0.00000109. The number of anilines is 3. The average molecular weight is 341 g/mol. The molecular weight excluding hydrogens is 322 g/mol. The number of rotatable bonds is 4. The third kappa shape index (κ3) is 4.28. The largest absolute Gasteiger partial charge is 0.478 e. The van der Waals surface area contributed by atoms with E-state index in [1.54, 1.807) is 18.3 Å². The van der Waals surface area contributed by atoms with E-state index < -0.39 is 5.97 Å². The van der Waals surface area contributed by atoms with Crippen molar-refractivity contribution in [1.82, 2.24) is 19.9 Å². The minimum atomic E-state index is -0.985. The molecule has 0 aliphatic heterocycles. The van der Waals surface area contributed by atoms with Gasteiger partial charge >= 0.3 is 5.97 Å². The summed E-state index contributed by atoms with van der Waals surface area (Å²) in [5.41, 5.74) is 13.4. The molecule has 0 amide bonds. The Morgan fingerprint density at radius 3 is 2.68 bits per heavy atom. The fourth-order valence-corrected chi connectivity index (χ4v) is 2.02. The maximum Gasteiger partial charge on any atom is 0.335 e. The molecule has 3 aromatic rings. The average Bonchev–Trinajstić information content (AvgIpc) is 2.62. The van der Waals surface area contributed by atoms with Crippen molar-refractivity contribution in [2.45, 2.75) is 20.4 Å². The Bertz CT molecular complexity index is 899. The van der Waals surface area contributed by atoms with Gasteiger partial charge in [-0.3, -0.25) is 0 Å². The predicted molar refractivity (Wildman–Crippen MR) is 96.0 cm³/mol. The minimum absolute atomic E-state index is 0.0423. The molecule has 0 atom stereocenters. The molecule has 2 aromatic heterocycles. The first kappa shape index (κ1) is 17.9. The van der Waals surface area contributed by atoms with Crippen LogP contribution < -0.4 is 16.8 Å². The molecule has 0 radical (unpaired) electrons. The van der Waals surface area contributed by atoms with Crippen LogP contribution in [0.3, 0.4) is 0 Å². The lowest BCUT2D eigenvalue weighted by molar-refractivity contribution is 0.0697. The standard InChI is InChI=1S/C14H13N7O2.C2H6/c15-11-10-12(21-14(16)20-11)18-6-9(19-10)5-17-8-3-1-2-7(4-8)13(22)23;1-2/h1-4,6,17H,5H2,(H,22,23)(H4,15,16,18,20,21);1-2H3. The summed E-state index contributed by atoms with van der Waals surface area (Å²) in [6, 6.07) is 6.48. The number of nitrogens with one attached hydrogen (secondary N) is 1. The number of nitrogens with zero attached hydrogens (tertiary/aromatic N) is 4. The van der Waals surface area contributed by atoms with E-state index in [4.69, 9.17) is 16.6 Å². The number of fused-ring (bicyclic) bond motifs is 1. The molecule has 0 aliphatic carbocycles. The number of carboxylic acids is 1. The molecule has 0 spiro atoms. The van der Waals surface area contributed by atoms with Crippen LogP contribution in [0.15, 0.2) is 30.5 Å². The lowest BCUT2D eigenvalue weighted by Crippen LogP contribution is -2.07. The van der Waals surface area contributed by atoms with Gasteiger partial charge in [-0.1, -0.05) is 19.9 Å². The highest BCUT2D eigenvalue weighted by Gasteiger charge is 2.08. The van der Waals surface area contributed by atoms with Crippen LogP contribution in [-0.2, 0) is 6.54 Å². The van der Waals surface area contributed by atoms with Crippen molar-refractivity contribution in [3.63, 3.8) is 0 Å². The van der Waals surface area contributed by atoms with E-state index >= 15 is 0 Å². The van der Waals surface area contributed by atoms with Crippen LogP contribution in [0.4, 0.5) is 17.5 Å². The first-order valence-electron chi connectivity index (χ1n) is 7.65. The number of benzene rings is 1. The highest BCUT2D eigenvalue weighted by Crippen LogP contribution is 2.16. The molecule has 6 N–H and O–H groups in total. The molecule has 0 unspecified atom stereocenters. The Morgan fingerprint density at radius 2 is 1.96 bits per heavy atom. The van der Waals surface area contributed by atoms with E-state index in [-0.39, 0.29) is 17.3 Å². The lowest BCUT2D eigenvalue weighted by atomic mass is 10.2. The number of hydrogen-bond donors (Lipinski definition) is 4. The highest BCUT2D eigenvalue weighted by molar-refractivity contribution is 5.88. The predicted octanol–water partition coefficient (Wildman–Crippen LogP) is 1.92. The normalized spacial score (nSPS) is 10.0. The molecule has 9 heteroatoms. The molecule has 0 saturated heterocycles. The number of nitrogen functional groups attached to an aromatic ring is 2. The Hall–Kier alpha value is -3.49. The van der Waals surface area contributed by atoms with Gasteiger partial charge in [-0.25, -0.2) is 14.8 Å². The number of nitrogens with two attached hydrogens (primary N) is 2. The number of hydrogen-bond acceptors (Lipinski definition) is 8. The molecule has 9 nitrogen and oxygen atoms in total. The van der Waals surface area contributed by atoms with Crippen LogP contribution >= 0.6 is 0 Å². The van der Waals surface area contributed by atoms with Gasteiger partial charge in [0.15, 0.2) is 17.0 Å². The fraction of sp³-hybridized carbons (Fsp3) is 0.188. The molecule has 0 saturated carbocycles. The SMILES string of the molecule is CC.Nc1nc(N)c2nc(CNc3cccc(C(=O)O)c3)cnc2n1. The van der Waals surface area contributed by atoms with Gasteiger partial charge in [0.05, 0.1) is 24.0 Å². The number of aromatic carboxylic acids is 1. The van der Waals surface area contributed by atoms with E-state index in [1.165, 1.54) is 12.1 Å². The topological polar surface area (TPSA) is 153 Å². The zero-order valence-corrected chi connectivity index (χ0v) is 13.9. The van der Waals surface area contributed by atoms with Crippen molar-refractivity contribution in [2.75, 3.05) is 16.8 Å². The van der Waals surface area contributed by atoms with E-state index in [0.29, 0.717) is 29.1 Å². The highest BCUT2D eigenvalue weighted by atomic mass is 16.4. The van der Waals surface area contributed by atoms with Gasteiger partial charge in [0, 0.05) is 5.69 Å². The van der Waals surface area contributed by atoms with E-state index in [0.717, 1.165) is 0 Å². The smallest absolute Gasteiger partial charge is 0.335 e. The van der Waals surface area contributed by atoms with Crippen LogP contribution in [0.1, 0.15) is 29.9 Å². The van der Waals surface area contributed by atoms with Crippen LogP contribution in [0.5, 0.6) is 0 Å². The number of carboxylic acid groups (broad SMARTS) is 1. The molecule has 0 fully saturated rings. The van der Waals surface area contributed by atoms with Crippen molar-refractivity contribution in [3.8, 4) is 0 Å². The van der Waals surface area contributed by atoms with Gasteiger partial charge < -0.3 is 21.9 Å². The summed E-state index contributed by atoms with van der Waals surface area (Å²) in [4.78, 5) is 27.2. The molecule has 0 aliphatic rings. The van der Waals surface area contributed by atoms with Gasteiger partial charge in [0.25, 0.3) is 0 Å². The minimum Gasteiger partial charge on any atom is -0.478 e. The van der Waals surface area contributed by atoms with Crippen LogP contribution in [0.25, 0.3) is 11.2 Å². The molecule has 3 rings (SSSR count). The van der Waals surface area contributed by atoms with Crippen molar-refractivity contribution in [2.24, 2.45) is 0 Å². The van der Waals surface area contributed by atoms with Gasteiger partial charge in [-0.2, -0.15) is 9.97 Å². The monoisotopic (exact) mass is 341 g/mol. The Morgan fingerprint density at radius 1 is 1.20 bits per heavy atom. The second-order valence-corrected chi connectivity index (χ2v) is 4.74. The summed E-state index contributed by atoms with van der Waals surface area (Å²) in [6.07, 6.45) is 1.54. The third-order valence-electron chi connectivity index (χ3n) is 3.08. The molecule has 130 valence electrons. The summed E-state index contributed by atoms with van der Waals surface area (Å²) in [5, 5.41) is 12.1. The summed E-state index contributed by atoms with van der Waals surface area (Å²) in [7, 11) is 0. The quantitative estimate of drug-likeness (QED) is 0.557. The first-order valence-corrected chi connectivity index (χ1v) is 7.65. The maximum absolute atomic E-state index is 11.0. The maximum atomic E-state index is 11.0. The first-order chi connectivity index (χ1) is 12.0. The summed E-state index contributed by atoms with van der Waals surface area (Å²) in [5.74, 6) is -0.781. The summed E-state index contributed by atoms with van der Waals surface area (Å²) < 4.78 is 0. The number of aromatic nitrogens is 4. The second kappa shape index (κ2) is 7.86. The lowest BCUT2D eigenvalue weighted by Gasteiger charge is -2.08. The zero-order valence-electron chi connectivity index (χ0n) is 13.9. The molecular formula is C16H19N7O2. The van der Waals surface area contributed by atoms with E-state index in [1.807, 2.05) is 13.8 Å². The van der Waals surface area contributed by atoms with E-state index in [9.17, 15) is 4.79 Å². The van der Waals surface area contributed by atoms with Crippen LogP contribution in [0, 0.1) is 0 Å². The molecule has 0 bridgehead atoms. The van der Waals surface area contributed by atoms with E-state index in [2.05, 4.69) is 25.3 Å². The summed E-state index contributed by atoms with van der Waals surface area (Å²) in [6.45, 7) is 4.34. The van der Waals surface area contributed by atoms with Crippen molar-refractivity contribution >= 4 is 34.6 Å². The van der Waals surface area contributed by atoms with Crippen molar-refractivity contribution in [3.05, 3.63) is 41.7 Å². The van der Waals surface area contributed by atoms with Gasteiger partial charge in [0.1, 0.15) is 0 Å². The van der Waals surface area contributed by atoms with Crippen molar-refractivity contribution in [1.29, 1.82) is 0 Å². The van der Waals surface area contributed by atoms with Crippen molar-refractivity contribution < 1.29 is 9.90 Å². The summed E-state index contributed by atoms with van der Waals surface area (Å²) >= 11 is 0. The van der Waals surface area contributed by atoms with Gasteiger partial charge in [0.2, 0.25) is 5.95 Å². The van der Waals surface area contributed by atoms with Gasteiger partial charge in [-0.15, -0.1) is 0 Å². The molecule has 25 heavy (non-hydrogen) atoms. The zero-order chi connectivity index (χ0) is 18.4. The second-order valence-electron chi connectivity index (χ2n) is 4.74. The van der Waals surface area contributed by atoms with Gasteiger partial charge in [-0.05, 0) is 18.2 Å². The Kier molecular flexibility index (Phi) is 5.62. The molecule has 1 aromatic carbocycles. The molecule has 2 heterocycles. The fourth-order valence-electron chi connectivity index (χ4n) is 2.02. The number of carbonyl (C=O) groups is 1. The van der Waals surface area contributed by atoms with Crippen LogP contribution in [-0.4, -0.2) is 31.0 Å². The van der Waals surface area contributed by atoms with Crippen LogP contribution in [0.2, 0.25) is 0 Å².